The highest BCUT2D eigenvalue weighted by atomic mass is 16.5. The molecule has 166 valence electrons. The van der Waals surface area contributed by atoms with Gasteiger partial charge in [-0.1, -0.05) is 12.1 Å². The molecule has 1 aromatic heterocycles. The van der Waals surface area contributed by atoms with Crippen molar-refractivity contribution in [1.82, 2.24) is 9.55 Å². The van der Waals surface area contributed by atoms with Gasteiger partial charge in [0, 0.05) is 30.6 Å². The third kappa shape index (κ3) is 4.33. The number of anilines is 1. The summed E-state index contributed by atoms with van der Waals surface area (Å²) in [7, 11) is 0. The number of nitrogens with one attached hydrogen (secondary N) is 1. The molecule has 1 saturated carbocycles. The topological polar surface area (TPSA) is 82.4 Å². The predicted octanol–water partition coefficient (Wildman–Crippen LogP) is 4.00. The van der Waals surface area contributed by atoms with Crippen molar-refractivity contribution < 1.29 is 14.3 Å². The molecule has 7 heteroatoms. The highest BCUT2D eigenvalue weighted by Gasteiger charge is 2.27. The first kappa shape index (κ1) is 20.5. The number of fused-ring (bicyclic) bond motifs is 2. The molecule has 5 rings (SSSR count). The van der Waals surface area contributed by atoms with Gasteiger partial charge in [0.05, 0.1) is 30.4 Å². The summed E-state index contributed by atoms with van der Waals surface area (Å²) in [6.07, 6.45) is 5.96. The van der Waals surface area contributed by atoms with Crippen LogP contribution in [0.15, 0.2) is 53.6 Å². The molecular weight excluding hydrogens is 406 g/mol. The number of hydrogen-bond acceptors (Lipinski definition) is 5. The van der Waals surface area contributed by atoms with Crippen LogP contribution in [0, 0.1) is 11.8 Å². The molecule has 0 spiro atoms. The number of rotatable bonds is 4. The quantitative estimate of drug-likeness (QED) is 0.672. The van der Waals surface area contributed by atoms with Gasteiger partial charge >= 0.3 is 0 Å². The summed E-state index contributed by atoms with van der Waals surface area (Å²) in [6, 6.07) is 13.0. The van der Waals surface area contributed by atoms with Gasteiger partial charge in [-0.2, -0.15) is 0 Å². The van der Waals surface area contributed by atoms with Gasteiger partial charge in [-0.3, -0.25) is 14.2 Å². The van der Waals surface area contributed by atoms with Crippen LogP contribution < -0.4 is 20.3 Å². The monoisotopic (exact) mass is 433 g/mol. The molecule has 2 aromatic carbocycles. The van der Waals surface area contributed by atoms with E-state index in [1.165, 1.54) is 0 Å². The molecule has 0 bridgehead atoms. The zero-order valence-electron chi connectivity index (χ0n) is 18.0. The van der Waals surface area contributed by atoms with Crippen LogP contribution in [0.2, 0.25) is 0 Å². The van der Waals surface area contributed by atoms with Crippen molar-refractivity contribution in [2.45, 2.75) is 38.6 Å². The maximum Gasteiger partial charge on any atom is 0.261 e. The molecule has 1 aliphatic carbocycles. The molecule has 2 aliphatic rings. The van der Waals surface area contributed by atoms with Crippen LogP contribution in [0.4, 0.5) is 5.69 Å². The number of nitrogens with zero attached hydrogens (tertiary/aromatic N) is 2. The molecule has 2 heterocycles. The van der Waals surface area contributed by atoms with E-state index in [1.807, 2.05) is 42.5 Å². The maximum atomic E-state index is 12.8. The summed E-state index contributed by atoms with van der Waals surface area (Å²) in [5.74, 6) is 1.80. The number of carbonyl (C=O) groups excluding carboxylic acids is 1. The fourth-order valence-electron chi connectivity index (χ4n) is 4.61. The van der Waals surface area contributed by atoms with E-state index in [0.717, 1.165) is 49.1 Å². The minimum absolute atomic E-state index is 0.00451. The van der Waals surface area contributed by atoms with E-state index in [4.69, 9.17) is 9.47 Å². The molecule has 7 nitrogen and oxygen atoms in total. The van der Waals surface area contributed by atoms with E-state index >= 15 is 0 Å². The van der Waals surface area contributed by atoms with E-state index in [1.54, 1.807) is 10.9 Å². The van der Waals surface area contributed by atoms with Crippen molar-refractivity contribution in [2.24, 2.45) is 11.8 Å². The SMILES string of the molecule is O=C(Nc1ccc2c(c1)OCCCO2)C1CCC(Cn2cnc3ccccc3c2=O)CC1. The van der Waals surface area contributed by atoms with Crippen LogP contribution in [-0.4, -0.2) is 28.7 Å². The molecule has 32 heavy (non-hydrogen) atoms. The first-order valence-electron chi connectivity index (χ1n) is 11.3. The van der Waals surface area contributed by atoms with Crippen LogP contribution in [0.5, 0.6) is 11.5 Å². The average Bonchev–Trinajstić information content (AvgIpc) is 3.06. The van der Waals surface area contributed by atoms with Crippen LogP contribution >= 0.6 is 0 Å². The zero-order chi connectivity index (χ0) is 21.9. The summed E-state index contributed by atoms with van der Waals surface area (Å²) in [5.41, 5.74) is 1.46. The van der Waals surface area contributed by atoms with Gasteiger partial charge in [-0.15, -0.1) is 0 Å². The normalized spacial score (nSPS) is 20.5. The van der Waals surface area contributed by atoms with Gasteiger partial charge in [0.15, 0.2) is 11.5 Å². The van der Waals surface area contributed by atoms with Gasteiger partial charge in [-0.25, -0.2) is 4.98 Å². The number of para-hydroxylation sites is 1. The van der Waals surface area contributed by atoms with Crippen LogP contribution in [-0.2, 0) is 11.3 Å². The van der Waals surface area contributed by atoms with Crippen molar-refractivity contribution in [1.29, 1.82) is 0 Å². The molecule has 0 unspecified atom stereocenters. The smallest absolute Gasteiger partial charge is 0.261 e. The van der Waals surface area contributed by atoms with E-state index in [2.05, 4.69) is 10.3 Å². The molecule has 1 amide bonds. The second kappa shape index (κ2) is 9.02. The number of amides is 1. The Hall–Kier alpha value is -3.35. The molecule has 1 N–H and O–H groups in total. The van der Waals surface area contributed by atoms with Gasteiger partial charge in [0.2, 0.25) is 5.91 Å². The Morgan fingerprint density at radius 2 is 1.81 bits per heavy atom. The van der Waals surface area contributed by atoms with Crippen molar-refractivity contribution >= 4 is 22.5 Å². The number of ether oxygens (including phenoxy) is 2. The molecule has 3 aromatic rings. The Morgan fingerprint density at radius 1 is 1.03 bits per heavy atom. The molecule has 1 fully saturated rings. The van der Waals surface area contributed by atoms with E-state index in [9.17, 15) is 9.59 Å². The Balaban J connectivity index is 1.18. The van der Waals surface area contributed by atoms with E-state index in [0.29, 0.717) is 36.8 Å². The first-order chi connectivity index (χ1) is 15.7. The molecule has 0 radical (unpaired) electrons. The Kier molecular flexibility index (Phi) is 5.79. The van der Waals surface area contributed by atoms with Crippen molar-refractivity contribution in [3.05, 3.63) is 59.1 Å². The summed E-state index contributed by atoms with van der Waals surface area (Å²) >= 11 is 0. The second-order valence-electron chi connectivity index (χ2n) is 8.64. The second-order valence-corrected chi connectivity index (χ2v) is 8.64. The standard InChI is InChI=1S/C25H27N3O4/c29-24(27-19-10-11-22-23(14-19)32-13-3-12-31-22)18-8-6-17(7-9-18)15-28-16-26-21-5-2-1-4-20(21)25(28)30/h1-2,4-5,10-11,14,16-18H,3,6-9,12-13,15H2,(H,27,29). The van der Waals surface area contributed by atoms with Crippen LogP contribution in [0.3, 0.4) is 0 Å². The number of hydrogen-bond donors (Lipinski definition) is 1. The summed E-state index contributed by atoms with van der Waals surface area (Å²) < 4.78 is 13.1. The first-order valence-corrected chi connectivity index (χ1v) is 11.3. The Morgan fingerprint density at radius 3 is 2.66 bits per heavy atom. The third-order valence-electron chi connectivity index (χ3n) is 6.42. The summed E-state index contributed by atoms with van der Waals surface area (Å²) in [6.45, 7) is 1.90. The lowest BCUT2D eigenvalue weighted by Crippen LogP contribution is -2.30. The lowest BCUT2D eigenvalue weighted by atomic mass is 9.81. The van der Waals surface area contributed by atoms with Gasteiger partial charge in [-0.05, 0) is 55.9 Å². The van der Waals surface area contributed by atoms with Crippen molar-refractivity contribution in [3.63, 3.8) is 0 Å². The lowest BCUT2D eigenvalue weighted by Gasteiger charge is -2.28. The maximum absolute atomic E-state index is 12.8. The van der Waals surface area contributed by atoms with Gasteiger partial charge in [0.25, 0.3) is 5.56 Å². The Labute approximate surface area is 186 Å². The van der Waals surface area contributed by atoms with E-state index in [-0.39, 0.29) is 17.4 Å². The highest BCUT2D eigenvalue weighted by Crippen LogP contribution is 2.34. The molecule has 0 atom stereocenters. The van der Waals surface area contributed by atoms with Gasteiger partial charge in [0.1, 0.15) is 0 Å². The molecule has 0 saturated heterocycles. The number of benzene rings is 2. The fraction of sp³-hybridized carbons (Fsp3) is 0.400. The minimum Gasteiger partial charge on any atom is -0.490 e. The largest absolute Gasteiger partial charge is 0.490 e. The van der Waals surface area contributed by atoms with Crippen LogP contribution in [0.1, 0.15) is 32.1 Å². The average molecular weight is 434 g/mol. The third-order valence-corrected chi connectivity index (χ3v) is 6.42. The van der Waals surface area contributed by atoms with Crippen molar-refractivity contribution in [3.8, 4) is 11.5 Å². The van der Waals surface area contributed by atoms with Gasteiger partial charge < -0.3 is 14.8 Å². The number of carbonyl (C=O) groups is 1. The lowest BCUT2D eigenvalue weighted by molar-refractivity contribution is -0.121. The molecule has 1 aliphatic heterocycles. The van der Waals surface area contributed by atoms with Crippen LogP contribution in [0.25, 0.3) is 10.9 Å². The summed E-state index contributed by atoms with van der Waals surface area (Å²) in [4.78, 5) is 30.0. The van der Waals surface area contributed by atoms with E-state index < -0.39 is 0 Å². The summed E-state index contributed by atoms with van der Waals surface area (Å²) in [5, 5.41) is 3.69. The zero-order valence-corrected chi connectivity index (χ0v) is 18.0. The number of aromatic nitrogens is 2. The fourth-order valence-corrected chi connectivity index (χ4v) is 4.61. The Bertz CT molecular complexity index is 1180. The minimum atomic E-state index is -0.0197. The highest BCUT2D eigenvalue weighted by molar-refractivity contribution is 5.93. The van der Waals surface area contributed by atoms with Crippen molar-refractivity contribution in [2.75, 3.05) is 18.5 Å². The molecular formula is C25H27N3O4. The predicted molar refractivity (Wildman–Crippen MR) is 122 cm³/mol.